The Bertz CT molecular complexity index is 772. The molecule has 6 heteroatoms. The van der Waals surface area contributed by atoms with Crippen LogP contribution in [0, 0.1) is 11.7 Å². The van der Waals surface area contributed by atoms with Gasteiger partial charge in [0.05, 0.1) is 13.2 Å². The molecule has 156 valence electrons. The summed E-state index contributed by atoms with van der Waals surface area (Å²) in [6.07, 6.45) is 1.66. The highest BCUT2D eigenvalue weighted by Crippen LogP contribution is 2.20. The molecule has 0 aliphatic carbocycles. The van der Waals surface area contributed by atoms with Crippen LogP contribution in [0.4, 0.5) is 4.39 Å². The lowest BCUT2D eigenvalue weighted by Crippen LogP contribution is -2.44. The molecule has 1 heterocycles. The van der Waals surface area contributed by atoms with Crippen molar-refractivity contribution in [1.29, 1.82) is 0 Å². The third-order valence-electron chi connectivity index (χ3n) is 5.23. The van der Waals surface area contributed by atoms with E-state index in [1.165, 1.54) is 12.1 Å². The SMILES string of the molecule is COc1ccc(OC[C@@H](C)NC(=O)C2CCN(Cc3ccc(F)cc3)CC2)cc1. The van der Waals surface area contributed by atoms with Gasteiger partial charge in [0.1, 0.15) is 23.9 Å². The number of likely N-dealkylation sites (tertiary alicyclic amines) is 1. The quantitative estimate of drug-likeness (QED) is 0.735. The summed E-state index contributed by atoms with van der Waals surface area (Å²) in [4.78, 5) is 14.9. The lowest BCUT2D eigenvalue weighted by Gasteiger charge is -2.31. The monoisotopic (exact) mass is 400 g/mol. The molecule has 1 atom stereocenters. The Morgan fingerprint density at radius 3 is 2.34 bits per heavy atom. The van der Waals surface area contributed by atoms with Gasteiger partial charge in [0, 0.05) is 12.5 Å². The molecule has 1 aliphatic heterocycles. The minimum atomic E-state index is -0.214. The Morgan fingerprint density at radius 2 is 1.72 bits per heavy atom. The molecular formula is C23H29FN2O3. The molecule has 0 spiro atoms. The Kier molecular flexibility index (Phi) is 7.47. The van der Waals surface area contributed by atoms with Crippen molar-refractivity contribution >= 4 is 5.91 Å². The first-order valence-corrected chi connectivity index (χ1v) is 10.1. The molecule has 1 N–H and O–H groups in total. The van der Waals surface area contributed by atoms with E-state index in [-0.39, 0.29) is 23.7 Å². The Labute approximate surface area is 171 Å². The zero-order valence-electron chi connectivity index (χ0n) is 17.1. The molecule has 0 aromatic heterocycles. The number of nitrogens with one attached hydrogen (secondary N) is 1. The van der Waals surface area contributed by atoms with Gasteiger partial charge >= 0.3 is 0 Å². The highest BCUT2D eigenvalue weighted by molar-refractivity contribution is 5.79. The van der Waals surface area contributed by atoms with Crippen LogP contribution in [0.25, 0.3) is 0 Å². The maximum atomic E-state index is 13.0. The second-order valence-electron chi connectivity index (χ2n) is 7.57. The van der Waals surface area contributed by atoms with Crippen molar-refractivity contribution in [2.45, 2.75) is 32.4 Å². The van der Waals surface area contributed by atoms with Crippen LogP contribution in [-0.2, 0) is 11.3 Å². The molecule has 0 unspecified atom stereocenters. The van der Waals surface area contributed by atoms with Gasteiger partial charge in [-0.1, -0.05) is 12.1 Å². The van der Waals surface area contributed by atoms with Crippen LogP contribution in [0.2, 0.25) is 0 Å². The third kappa shape index (κ3) is 6.46. The summed E-state index contributed by atoms with van der Waals surface area (Å²) in [7, 11) is 1.63. The minimum absolute atomic E-state index is 0.0305. The van der Waals surface area contributed by atoms with E-state index in [1.54, 1.807) is 7.11 Å². The number of carbonyl (C=O) groups excluding carboxylic acids is 1. The van der Waals surface area contributed by atoms with Gasteiger partial charge in [-0.2, -0.15) is 0 Å². The summed E-state index contributed by atoms with van der Waals surface area (Å²) in [6, 6.07) is 13.9. The van der Waals surface area contributed by atoms with Crippen molar-refractivity contribution in [2.75, 3.05) is 26.8 Å². The zero-order chi connectivity index (χ0) is 20.6. The van der Waals surface area contributed by atoms with Gasteiger partial charge in [-0.25, -0.2) is 4.39 Å². The van der Waals surface area contributed by atoms with E-state index in [4.69, 9.17) is 9.47 Å². The Morgan fingerprint density at radius 1 is 1.10 bits per heavy atom. The smallest absolute Gasteiger partial charge is 0.223 e. The fraction of sp³-hybridized carbons (Fsp3) is 0.435. The molecular weight excluding hydrogens is 371 g/mol. The second-order valence-corrected chi connectivity index (χ2v) is 7.57. The first kappa shape index (κ1) is 21.1. The van der Waals surface area contributed by atoms with Crippen LogP contribution in [0.5, 0.6) is 11.5 Å². The highest BCUT2D eigenvalue weighted by Gasteiger charge is 2.25. The average molecular weight is 400 g/mol. The molecule has 0 bridgehead atoms. The van der Waals surface area contributed by atoms with E-state index in [0.29, 0.717) is 6.61 Å². The summed E-state index contributed by atoms with van der Waals surface area (Å²) in [5.41, 5.74) is 1.10. The van der Waals surface area contributed by atoms with Crippen molar-refractivity contribution in [3.63, 3.8) is 0 Å². The summed E-state index contributed by atoms with van der Waals surface area (Å²) >= 11 is 0. The van der Waals surface area contributed by atoms with Gasteiger partial charge in [-0.15, -0.1) is 0 Å². The predicted molar refractivity (Wildman–Crippen MR) is 110 cm³/mol. The van der Waals surface area contributed by atoms with Gasteiger partial charge < -0.3 is 14.8 Å². The first-order chi connectivity index (χ1) is 14.0. The minimum Gasteiger partial charge on any atom is -0.497 e. The molecule has 1 amide bonds. The molecule has 1 fully saturated rings. The van der Waals surface area contributed by atoms with E-state index in [2.05, 4.69) is 10.2 Å². The van der Waals surface area contributed by atoms with E-state index in [9.17, 15) is 9.18 Å². The highest BCUT2D eigenvalue weighted by atomic mass is 19.1. The number of nitrogens with zero attached hydrogens (tertiary/aromatic N) is 1. The third-order valence-corrected chi connectivity index (χ3v) is 5.23. The number of benzene rings is 2. The molecule has 1 aliphatic rings. The molecule has 2 aromatic carbocycles. The van der Waals surface area contributed by atoms with Gasteiger partial charge in [-0.3, -0.25) is 9.69 Å². The number of amides is 1. The normalized spacial score (nSPS) is 16.2. The zero-order valence-corrected chi connectivity index (χ0v) is 17.1. The van der Waals surface area contributed by atoms with Crippen molar-refractivity contribution in [3.05, 3.63) is 59.9 Å². The number of rotatable bonds is 8. The number of hydrogen-bond donors (Lipinski definition) is 1. The topological polar surface area (TPSA) is 50.8 Å². The molecule has 0 saturated carbocycles. The van der Waals surface area contributed by atoms with E-state index < -0.39 is 0 Å². The van der Waals surface area contributed by atoms with Crippen LogP contribution in [-0.4, -0.2) is 43.7 Å². The van der Waals surface area contributed by atoms with Crippen LogP contribution in [0.3, 0.4) is 0 Å². The van der Waals surface area contributed by atoms with E-state index in [0.717, 1.165) is 49.5 Å². The summed E-state index contributed by atoms with van der Waals surface area (Å²) in [5, 5.41) is 3.06. The maximum Gasteiger partial charge on any atom is 0.223 e. The van der Waals surface area contributed by atoms with Gasteiger partial charge in [0.2, 0.25) is 5.91 Å². The summed E-state index contributed by atoms with van der Waals surface area (Å²) in [6.45, 7) is 4.89. The van der Waals surface area contributed by atoms with Crippen molar-refractivity contribution in [3.8, 4) is 11.5 Å². The molecule has 29 heavy (non-hydrogen) atoms. The number of hydrogen-bond acceptors (Lipinski definition) is 4. The van der Waals surface area contributed by atoms with Crippen LogP contribution < -0.4 is 14.8 Å². The largest absolute Gasteiger partial charge is 0.497 e. The number of halogens is 1. The molecule has 3 rings (SSSR count). The van der Waals surface area contributed by atoms with E-state index >= 15 is 0 Å². The van der Waals surface area contributed by atoms with Crippen LogP contribution >= 0.6 is 0 Å². The lowest BCUT2D eigenvalue weighted by atomic mass is 9.95. The number of carbonyl (C=O) groups is 1. The van der Waals surface area contributed by atoms with Crippen molar-refractivity contribution in [1.82, 2.24) is 10.2 Å². The number of ether oxygens (including phenoxy) is 2. The average Bonchev–Trinajstić information content (AvgIpc) is 2.75. The maximum absolute atomic E-state index is 13.0. The predicted octanol–water partition coefficient (Wildman–Crippen LogP) is 3.63. The van der Waals surface area contributed by atoms with Crippen molar-refractivity contribution in [2.24, 2.45) is 5.92 Å². The lowest BCUT2D eigenvalue weighted by molar-refractivity contribution is -0.127. The fourth-order valence-corrected chi connectivity index (χ4v) is 3.50. The summed E-state index contributed by atoms with van der Waals surface area (Å²) in [5.74, 6) is 1.44. The van der Waals surface area contributed by atoms with Crippen LogP contribution in [0.1, 0.15) is 25.3 Å². The van der Waals surface area contributed by atoms with Gasteiger partial charge in [-0.05, 0) is 74.8 Å². The molecule has 2 aromatic rings. The molecule has 1 saturated heterocycles. The van der Waals surface area contributed by atoms with Gasteiger partial charge in [0.15, 0.2) is 0 Å². The number of methoxy groups -OCH3 is 1. The fourth-order valence-electron chi connectivity index (χ4n) is 3.50. The van der Waals surface area contributed by atoms with E-state index in [1.807, 2.05) is 43.3 Å². The Balaban J connectivity index is 1.37. The van der Waals surface area contributed by atoms with Crippen LogP contribution in [0.15, 0.2) is 48.5 Å². The Hall–Kier alpha value is -2.60. The molecule has 0 radical (unpaired) electrons. The second kappa shape index (κ2) is 10.3. The van der Waals surface area contributed by atoms with Crippen molar-refractivity contribution < 1.29 is 18.7 Å². The number of piperidine rings is 1. The standard InChI is InChI=1S/C23H29FN2O3/c1-17(16-29-22-9-7-21(28-2)8-10-22)25-23(27)19-11-13-26(14-12-19)15-18-3-5-20(24)6-4-18/h3-10,17,19H,11-16H2,1-2H3,(H,25,27)/t17-/m1/s1. The molecule has 5 nitrogen and oxygen atoms in total. The van der Waals surface area contributed by atoms with Gasteiger partial charge in [0.25, 0.3) is 0 Å². The summed E-state index contributed by atoms with van der Waals surface area (Å²) < 4.78 is 23.9. The first-order valence-electron chi connectivity index (χ1n) is 10.1.